The molecular weight excluding hydrogens is 321 g/mol. The molecule has 5 heteroatoms. The third-order valence-electron chi connectivity index (χ3n) is 3.27. The molecule has 1 aromatic carbocycles. The maximum absolute atomic E-state index is 13.2. The van der Waals surface area contributed by atoms with Gasteiger partial charge in [-0.25, -0.2) is 9.37 Å². The van der Waals surface area contributed by atoms with Crippen LogP contribution in [0.4, 0.5) is 10.2 Å². The van der Waals surface area contributed by atoms with Crippen molar-refractivity contribution in [1.82, 2.24) is 9.38 Å². The topological polar surface area (TPSA) is 43.3 Å². The van der Waals surface area contributed by atoms with Gasteiger partial charge in [0, 0.05) is 15.7 Å². The fourth-order valence-electron chi connectivity index (χ4n) is 2.44. The van der Waals surface area contributed by atoms with Gasteiger partial charge in [-0.3, -0.25) is 4.40 Å². The summed E-state index contributed by atoms with van der Waals surface area (Å²) in [6.45, 7) is 4.01. The minimum absolute atomic E-state index is 0.296. The van der Waals surface area contributed by atoms with Gasteiger partial charge in [0.05, 0.1) is 0 Å². The highest BCUT2D eigenvalue weighted by Gasteiger charge is 2.15. The number of anilines is 1. The predicted octanol–water partition coefficient (Wildman–Crippen LogP) is 4.10. The van der Waals surface area contributed by atoms with Gasteiger partial charge in [0.1, 0.15) is 23.0 Å². The number of benzene rings is 1. The monoisotopic (exact) mass is 333 g/mol. The molecule has 0 radical (unpaired) electrons. The van der Waals surface area contributed by atoms with Crippen molar-refractivity contribution >= 4 is 27.4 Å². The number of nitrogen functional groups attached to an aromatic ring is 1. The van der Waals surface area contributed by atoms with Crippen LogP contribution in [0.2, 0.25) is 0 Å². The Morgan fingerprint density at radius 2 is 1.95 bits per heavy atom. The number of aryl methyl sites for hydroxylation is 2. The number of pyridine rings is 1. The highest BCUT2D eigenvalue weighted by molar-refractivity contribution is 9.10. The molecule has 20 heavy (non-hydrogen) atoms. The average Bonchev–Trinajstić information content (AvgIpc) is 2.66. The average molecular weight is 334 g/mol. The number of nitrogens with two attached hydrogens (primary N) is 1. The van der Waals surface area contributed by atoms with Crippen molar-refractivity contribution in [3.8, 4) is 11.3 Å². The first-order valence-electron chi connectivity index (χ1n) is 6.18. The molecule has 0 fully saturated rings. The molecule has 3 aromatic rings. The zero-order valence-electron chi connectivity index (χ0n) is 11.1. The lowest BCUT2D eigenvalue weighted by Crippen LogP contribution is -1.98. The second-order valence-corrected chi connectivity index (χ2v) is 5.69. The van der Waals surface area contributed by atoms with Crippen molar-refractivity contribution in [3.05, 3.63) is 51.9 Å². The molecule has 0 bridgehead atoms. The van der Waals surface area contributed by atoms with E-state index in [0.29, 0.717) is 16.0 Å². The Labute approximate surface area is 124 Å². The molecule has 0 aliphatic heterocycles. The third-order valence-corrected chi connectivity index (χ3v) is 3.93. The summed E-state index contributed by atoms with van der Waals surface area (Å²) in [5.74, 6) is 0.264. The molecule has 2 aromatic heterocycles. The molecule has 3 rings (SSSR count). The molecule has 0 atom stereocenters. The standard InChI is InChI=1S/C15H13BrFN3/c1-8-5-9(2)20-13(6-8)19-14(15(20)18)11-4-3-10(17)7-12(11)16/h3-7H,18H2,1-2H3. The lowest BCUT2D eigenvalue weighted by atomic mass is 10.1. The van der Waals surface area contributed by atoms with E-state index in [2.05, 4.69) is 27.0 Å². The molecule has 0 spiro atoms. The van der Waals surface area contributed by atoms with Crippen molar-refractivity contribution in [2.45, 2.75) is 13.8 Å². The van der Waals surface area contributed by atoms with E-state index in [-0.39, 0.29) is 5.82 Å². The van der Waals surface area contributed by atoms with Crippen molar-refractivity contribution in [2.24, 2.45) is 0 Å². The number of imidazole rings is 1. The van der Waals surface area contributed by atoms with Gasteiger partial charge in [-0.05, 0) is 65.7 Å². The molecule has 0 amide bonds. The first-order valence-corrected chi connectivity index (χ1v) is 6.97. The van der Waals surface area contributed by atoms with Crippen molar-refractivity contribution in [1.29, 1.82) is 0 Å². The minimum atomic E-state index is -0.296. The molecule has 3 nitrogen and oxygen atoms in total. The summed E-state index contributed by atoms with van der Waals surface area (Å²) < 4.78 is 15.7. The van der Waals surface area contributed by atoms with Crippen LogP contribution in [0.15, 0.2) is 34.8 Å². The summed E-state index contributed by atoms with van der Waals surface area (Å²) in [5.41, 5.74) is 10.6. The summed E-state index contributed by atoms with van der Waals surface area (Å²) in [7, 11) is 0. The number of fused-ring (bicyclic) bond motifs is 1. The highest BCUT2D eigenvalue weighted by atomic mass is 79.9. The summed E-state index contributed by atoms with van der Waals surface area (Å²) >= 11 is 3.36. The van der Waals surface area contributed by atoms with Crippen LogP contribution in [-0.2, 0) is 0 Å². The summed E-state index contributed by atoms with van der Waals surface area (Å²) in [5, 5.41) is 0. The van der Waals surface area contributed by atoms with E-state index in [4.69, 9.17) is 5.73 Å². The Kier molecular flexibility index (Phi) is 3.01. The van der Waals surface area contributed by atoms with Gasteiger partial charge in [0.25, 0.3) is 0 Å². The minimum Gasteiger partial charge on any atom is -0.383 e. The van der Waals surface area contributed by atoms with Crippen LogP contribution in [0.25, 0.3) is 16.9 Å². The molecule has 0 aliphatic rings. The molecular formula is C15H13BrFN3. The Balaban J connectivity index is 2.32. The highest BCUT2D eigenvalue weighted by Crippen LogP contribution is 2.33. The van der Waals surface area contributed by atoms with Crippen LogP contribution in [0, 0.1) is 19.7 Å². The molecule has 0 unspecified atom stereocenters. The van der Waals surface area contributed by atoms with Crippen LogP contribution in [0.1, 0.15) is 11.3 Å². The van der Waals surface area contributed by atoms with Crippen molar-refractivity contribution in [3.63, 3.8) is 0 Å². The summed E-state index contributed by atoms with van der Waals surface area (Å²) in [4.78, 5) is 4.58. The van der Waals surface area contributed by atoms with Gasteiger partial charge in [-0.1, -0.05) is 0 Å². The number of hydrogen-bond donors (Lipinski definition) is 1. The molecule has 102 valence electrons. The van der Waals surface area contributed by atoms with Gasteiger partial charge in [-0.15, -0.1) is 0 Å². The fraction of sp³-hybridized carbons (Fsp3) is 0.133. The second kappa shape index (κ2) is 4.59. The lowest BCUT2D eigenvalue weighted by molar-refractivity contribution is 0.627. The van der Waals surface area contributed by atoms with E-state index in [1.807, 2.05) is 24.3 Å². The lowest BCUT2D eigenvalue weighted by Gasteiger charge is -2.05. The molecule has 2 heterocycles. The largest absolute Gasteiger partial charge is 0.383 e. The molecule has 0 saturated heterocycles. The Morgan fingerprint density at radius 1 is 1.20 bits per heavy atom. The van der Waals surface area contributed by atoms with E-state index in [9.17, 15) is 4.39 Å². The van der Waals surface area contributed by atoms with E-state index >= 15 is 0 Å². The zero-order chi connectivity index (χ0) is 14.4. The first kappa shape index (κ1) is 13.1. The van der Waals surface area contributed by atoms with Crippen LogP contribution in [-0.4, -0.2) is 9.38 Å². The van der Waals surface area contributed by atoms with Gasteiger partial charge in [0.15, 0.2) is 0 Å². The fourth-order valence-corrected chi connectivity index (χ4v) is 2.98. The van der Waals surface area contributed by atoms with Crippen LogP contribution < -0.4 is 5.73 Å². The van der Waals surface area contributed by atoms with E-state index in [1.165, 1.54) is 12.1 Å². The van der Waals surface area contributed by atoms with Crippen LogP contribution in [0.3, 0.4) is 0 Å². The predicted molar refractivity (Wildman–Crippen MR) is 82.2 cm³/mol. The number of aromatic nitrogens is 2. The SMILES string of the molecule is Cc1cc(C)n2c(N)c(-c3ccc(F)cc3Br)nc2c1. The van der Waals surface area contributed by atoms with Gasteiger partial charge < -0.3 is 5.73 Å². The number of halogens is 2. The summed E-state index contributed by atoms with van der Waals surface area (Å²) in [6, 6.07) is 8.52. The Hall–Kier alpha value is -1.88. The molecule has 0 aliphatic carbocycles. The number of rotatable bonds is 1. The maximum atomic E-state index is 13.2. The normalized spacial score (nSPS) is 11.2. The second-order valence-electron chi connectivity index (χ2n) is 4.84. The van der Waals surface area contributed by atoms with Crippen LogP contribution >= 0.6 is 15.9 Å². The number of nitrogens with zero attached hydrogens (tertiary/aromatic N) is 2. The van der Waals surface area contributed by atoms with Gasteiger partial charge in [-0.2, -0.15) is 0 Å². The van der Waals surface area contributed by atoms with Gasteiger partial charge in [0.2, 0.25) is 0 Å². The maximum Gasteiger partial charge on any atom is 0.139 e. The third kappa shape index (κ3) is 1.98. The van der Waals surface area contributed by atoms with Crippen LogP contribution in [0.5, 0.6) is 0 Å². The Bertz CT molecular complexity index is 824. The smallest absolute Gasteiger partial charge is 0.139 e. The Morgan fingerprint density at radius 3 is 2.65 bits per heavy atom. The first-order chi connectivity index (χ1) is 9.47. The number of hydrogen-bond acceptors (Lipinski definition) is 2. The molecule has 0 saturated carbocycles. The quantitative estimate of drug-likeness (QED) is 0.728. The summed E-state index contributed by atoms with van der Waals surface area (Å²) in [6.07, 6.45) is 0. The van der Waals surface area contributed by atoms with E-state index in [1.54, 1.807) is 6.07 Å². The van der Waals surface area contributed by atoms with Gasteiger partial charge >= 0.3 is 0 Å². The molecule has 2 N–H and O–H groups in total. The van der Waals surface area contributed by atoms with Crippen molar-refractivity contribution < 1.29 is 4.39 Å². The van der Waals surface area contributed by atoms with E-state index in [0.717, 1.165) is 22.5 Å². The van der Waals surface area contributed by atoms with E-state index < -0.39 is 0 Å². The zero-order valence-corrected chi connectivity index (χ0v) is 12.7. The van der Waals surface area contributed by atoms with Crippen molar-refractivity contribution in [2.75, 3.05) is 5.73 Å².